The van der Waals surface area contributed by atoms with Gasteiger partial charge in [0, 0.05) is 17.2 Å². The molecule has 5 heteroatoms. The van der Waals surface area contributed by atoms with Crippen molar-refractivity contribution in [2.24, 2.45) is 0 Å². The van der Waals surface area contributed by atoms with Gasteiger partial charge in [-0.3, -0.25) is 0 Å². The average Bonchev–Trinajstić information content (AvgIpc) is 2.59. The summed E-state index contributed by atoms with van der Waals surface area (Å²) in [6.45, 7) is 2.50. The minimum atomic E-state index is -0.388. The number of aliphatic hydroxyl groups is 1. The Bertz CT molecular complexity index is 602. The van der Waals surface area contributed by atoms with Gasteiger partial charge in [0.2, 0.25) is 0 Å². The van der Waals surface area contributed by atoms with Crippen molar-refractivity contribution >= 4 is 17.8 Å². The van der Waals surface area contributed by atoms with Gasteiger partial charge in [0.05, 0.1) is 12.6 Å². The Morgan fingerprint density at radius 2 is 1.83 bits per heavy atom. The fraction of sp³-hybridized carbons (Fsp3) is 0.278. The molecule has 1 atom stereocenters. The molecule has 0 bridgehead atoms. The predicted molar refractivity (Wildman–Crippen MR) is 94.7 cm³/mol. The molecule has 0 radical (unpaired) electrons. The van der Waals surface area contributed by atoms with E-state index in [1.165, 1.54) is 10.5 Å². The summed E-state index contributed by atoms with van der Waals surface area (Å²) in [4.78, 5) is 13.1. The molecule has 0 aromatic heterocycles. The second kappa shape index (κ2) is 9.22. The molecule has 2 rings (SSSR count). The van der Waals surface area contributed by atoms with Gasteiger partial charge in [-0.1, -0.05) is 48.0 Å². The lowest BCUT2D eigenvalue weighted by molar-refractivity contribution is 0.217. The number of hydrogen-bond donors (Lipinski definition) is 3. The number of rotatable bonds is 7. The van der Waals surface area contributed by atoms with Crippen molar-refractivity contribution in [3.8, 4) is 0 Å². The smallest absolute Gasteiger partial charge is 0.315 e. The first-order chi connectivity index (χ1) is 11.2. The molecule has 0 saturated heterocycles. The van der Waals surface area contributed by atoms with Crippen LogP contribution in [0.1, 0.15) is 17.2 Å². The Hall–Kier alpha value is -1.98. The maximum Gasteiger partial charge on any atom is 0.315 e. The number of nitrogens with one attached hydrogen (secondary N) is 2. The van der Waals surface area contributed by atoms with E-state index in [1.54, 1.807) is 11.8 Å². The van der Waals surface area contributed by atoms with Crippen LogP contribution in [0, 0.1) is 6.92 Å². The summed E-state index contributed by atoms with van der Waals surface area (Å²) in [5.41, 5.74) is 2.13. The van der Waals surface area contributed by atoms with Gasteiger partial charge < -0.3 is 15.7 Å². The van der Waals surface area contributed by atoms with Gasteiger partial charge in [0.1, 0.15) is 0 Å². The molecular formula is C18H22N2O2S. The van der Waals surface area contributed by atoms with Crippen LogP contribution in [0.25, 0.3) is 0 Å². The summed E-state index contributed by atoms with van der Waals surface area (Å²) >= 11 is 1.70. The molecule has 0 aliphatic carbocycles. The van der Waals surface area contributed by atoms with Crippen molar-refractivity contribution < 1.29 is 9.90 Å². The number of amides is 2. The lowest BCUT2D eigenvalue weighted by Gasteiger charge is -2.17. The highest BCUT2D eigenvalue weighted by Gasteiger charge is 2.12. The van der Waals surface area contributed by atoms with E-state index in [9.17, 15) is 9.90 Å². The third-order valence-electron chi connectivity index (χ3n) is 3.37. The van der Waals surface area contributed by atoms with Gasteiger partial charge >= 0.3 is 6.03 Å². The molecule has 0 aliphatic heterocycles. The zero-order valence-corrected chi connectivity index (χ0v) is 14.0. The van der Waals surface area contributed by atoms with Crippen molar-refractivity contribution in [2.45, 2.75) is 17.9 Å². The highest BCUT2D eigenvalue weighted by molar-refractivity contribution is 7.99. The molecule has 0 saturated carbocycles. The number of benzene rings is 2. The second-order valence-corrected chi connectivity index (χ2v) is 6.38. The maximum atomic E-state index is 11.9. The fourth-order valence-electron chi connectivity index (χ4n) is 2.10. The number of hydrogen-bond acceptors (Lipinski definition) is 3. The van der Waals surface area contributed by atoms with Gasteiger partial charge in [-0.05, 0) is 24.6 Å². The molecule has 2 aromatic rings. The molecule has 2 aromatic carbocycles. The minimum absolute atomic E-state index is 0.129. The van der Waals surface area contributed by atoms with E-state index in [1.807, 2.05) is 30.3 Å². The molecule has 0 spiro atoms. The van der Waals surface area contributed by atoms with Crippen molar-refractivity contribution in [3.63, 3.8) is 0 Å². The van der Waals surface area contributed by atoms with Gasteiger partial charge in [-0.25, -0.2) is 4.79 Å². The van der Waals surface area contributed by atoms with E-state index in [2.05, 4.69) is 41.8 Å². The molecule has 122 valence electrons. The summed E-state index contributed by atoms with van der Waals surface area (Å²) in [6.07, 6.45) is 0. The first kappa shape index (κ1) is 17.4. The highest BCUT2D eigenvalue weighted by Crippen LogP contribution is 2.17. The van der Waals surface area contributed by atoms with Gasteiger partial charge in [-0.2, -0.15) is 0 Å². The van der Waals surface area contributed by atoms with Gasteiger partial charge in [0.15, 0.2) is 0 Å². The molecule has 23 heavy (non-hydrogen) atoms. The Balaban J connectivity index is 1.71. The molecule has 0 fully saturated rings. The van der Waals surface area contributed by atoms with Crippen LogP contribution in [0.5, 0.6) is 0 Å². The Morgan fingerprint density at radius 3 is 2.48 bits per heavy atom. The quantitative estimate of drug-likeness (QED) is 0.540. The molecule has 4 nitrogen and oxygen atoms in total. The van der Waals surface area contributed by atoms with Gasteiger partial charge in [0.25, 0.3) is 0 Å². The Kier molecular flexibility index (Phi) is 6.97. The van der Waals surface area contributed by atoms with Crippen molar-refractivity contribution in [1.29, 1.82) is 0 Å². The first-order valence-electron chi connectivity index (χ1n) is 7.58. The third-order valence-corrected chi connectivity index (χ3v) is 4.38. The number of thioether (sulfide) groups is 1. The van der Waals surface area contributed by atoms with E-state index in [4.69, 9.17) is 0 Å². The zero-order valence-electron chi connectivity index (χ0n) is 13.2. The molecule has 0 heterocycles. The Morgan fingerprint density at radius 1 is 1.13 bits per heavy atom. The predicted octanol–water partition coefficient (Wildman–Crippen LogP) is 3.12. The number of aliphatic hydroxyl groups excluding tert-OH is 1. The summed E-state index contributed by atoms with van der Waals surface area (Å²) in [5.74, 6) is 0.797. The number of carbonyl (C=O) groups excluding carboxylic acids is 1. The van der Waals surface area contributed by atoms with Gasteiger partial charge in [-0.15, -0.1) is 11.8 Å². The third kappa shape index (κ3) is 5.96. The van der Waals surface area contributed by atoms with E-state index in [0.29, 0.717) is 6.54 Å². The van der Waals surface area contributed by atoms with Crippen LogP contribution >= 0.6 is 11.8 Å². The van der Waals surface area contributed by atoms with E-state index in [0.717, 1.165) is 11.3 Å². The minimum Gasteiger partial charge on any atom is -0.394 e. The monoisotopic (exact) mass is 330 g/mol. The van der Waals surface area contributed by atoms with Crippen LogP contribution < -0.4 is 10.6 Å². The van der Waals surface area contributed by atoms with E-state index >= 15 is 0 Å². The van der Waals surface area contributed by atoms with Crippen LogP contribution in [0.2, 0.25) is 0 Å². The lowest BCUT2D eigenvalue weighted by Crippen LogP contribution is -2.40. The Labute approximate surface area is 141 Å². The number of urea groups is 1. The maximum absolute atomic E-state index is 11.9. The van der Waals surface area contributed by atoms with Crippen LogP contribution in [0.15, 0.2) is 59.5 Å². The first-order valence-corrected chi connectivity index (χ1v) is 8.57. The summed E-state index contributed by atoms with van der Waals surface area (Å²) in [7, 11) is 0. The van der Waals surface area contributed by atoms with Crippen molar-refractivity contribution in [3.05, 3.63) is 65.7 Å². The molecule has 2 amide bonds. The molecule has 0 aliphatic rings. The van der Waals surface area contributed by atoms with Crippen molar-refractivity contribution in [2.75, 3.05) is 18.9 Å². The number of aryl methyl sites for hydroxylation is 1. The molecular weight excluding hydrogens is 308 g/mol. The standard InChI is InChI=1S/C18H22N2O2S/c1-14-7-9-16(10-8-14)23-12-11-19-18(22)20-17(13-21)15-5-3-2-4-6-15/h2-10,17,21H,11-13H2,1H3,(H2,19,20,22). The largest absolute Gasteiger partial charge is 0.394 e. The summed E-state index contributed by atoms with van der Waals surface area (Å²) in [6, 6.07) is 17.1. The average molecular weight is 330 g/mol. The topological polar surface area (TPSA) is 61.4 Å². The van der Waals surface area contributed by atoms with E-state index in [-0.39, 0.29) is 18.7 Å². The van der Waals surface area contributed by atoms with Crippen LogP contribution in [0.3, 0.4) is 0 Å². The number of carbonyl (C=O) groups is 1. The zero-order chi connectivity index (χ0) is 16.5. The van der Waals surface area contributed by atoms with E-state index < -0.39 is 0 Å². The lowest BCUT2D eigenvalue weighted by atomic mass is 10.1. The highest BCUT2D eigenvalue weighted by atomic mass is 32.2. The van der Waals surface area contributed by atoms with Crippen molar-refractivity contribution in [1.82, 2.24) is 10.6 Å². The molecule has 1 unspecified atom stereocenters. The molecule has 3 N–H and O–H groups in total. The SMILES string of the molecule is Cc1ccc(SCCNC(=O)NC(CO)c2ccccc2)cc1. The summed E-state index contributed by atoms with van der Waals surface area (Å²) < 4.78 is 0. The van der Waals surface area contributed by atoms with Crippen LogP contribution in [0.4, 0.5) is 4.79 Å². The summed E-state index contributed by atoms with van der Waals surface area (Å²) in [5, 5.41) is 15.0. The van der Waals surface area contributed by atoms with Crippen LogP contribution in [-0.4, -0.2) is 30.0 Å². The normalized spacial score (nSPS) is 11.7. The van der Waals surface area contributed by atoms with Crippen LogP contribution in [-0.2, 0) is 0 Å². The fourth-order valence-corrected chi connectivity index (χ4v) is 2.87. The second-order valence-electron chi connectivity index (χ2n) is 5.21.